The Labute approximate surface area is 189 Å². The molecule has 8 heteroatoms. The lowest BCUT2D eigenvalue weighted by molar-refractivity contribution is 0.379. The third-order valence-electron chi connectivity index (χ3n) is 4.86. The third-order valence-corrected chi connectivity index (χ3v) is 4.86. The highest BCUT2D eigenvalue weighted by molar-refractivity contribution is 14.0. The summed E-state index contributed by atoms with van der Waals surface area (Å²) < 4.78 is 19.4. The first kappa shape index (κ1) is 23.4. The van der Waals surface area contributed by atoms with Crippen molar-refractivity contribution in [3.63, 3.8) is 0 Å². The van der Waals surface area contributed by atoms with Crippen LogP contribution in [0.4, 0.5) is 10.1 Å². The van der Waals surface area contributed by atoms with Crippen molar-refractivity contribution in [2.75, 3.05) is 25.0 Å². The van der Waals surface area contributed by atoms with Gasteiger partial charge in [0.2, 0.25) is 5.89 Å². The molecule has 1 aliphatic heterocycles. The highest BCUT2D eigenvalue weighted by Gasteiger charge is 2.22. The van der Waals surface area contributed by atoms with Crippen LogP contribution in [0.15, 0.2) is 39.9 Å². The van der Waals surface area contributed by atoms with Gasteiger partial charge in [-0.15, -0.1) is 24.0 Å². The maximum absolute atomic E-state index is 13.5. The first-order chi connectivity index (χ1) is 13.3. The van der Waals surface area contributed by atoms with Crippen LogP contribution in [0.5, 0.6) is 0 Å². The van der Waals surface area contributed by atoms with Crippen LogP contribution < -0.4 is 15.5 Å². The van der Waals surface area contributed by atoms with Gasteiger partial charge in [0.1, 0.15) is 11.6 Å². The SMILES string of the molecule is CN=C(NCc1ncc(C(C)(C)C)o1)NC1CCCN(c2cccc(F)c2)C1.I. The molecule has 3 rings (SSSR count). The number of hydrogen-bond acceptors (Lipinski definition) is 4. The molecular weight excluding hydrogens is 484 g/mol. The molecule has 0 radical (unpaired) electrons. The quantitative estimate of drug-likeness (QED) is 0.365. The van der Waals surface area contributed by atoms with Crippen LogP contribution in [0.3, 0.4) is 0 Å². The van der Waals surface area contributed by atoms with Crippen molar-refractivity contribution in [1.29, 1.82) is 0 Å². The molecule has 1 aliphatic rings. The summed E-state index contributed by atoms with van der Waals surface area (Å²) in [5, 5.41) is 6.73. The van der Waals surface area contributed by atoms with Gasteiger partial charge in [0.15, 0.2) is 5.96 Å². The molecule has 1 atom stereocenters. The fourth-order valence-electron chi connectivity index (χ4n) is 3.29. The Morgan fingerprint density at radius 1 is 1.38 bits per heavy atom. The predicted molar refractivity (Wildman–Crippen MR) is 126 cm³/mol. The maximum atomic E-state index is 13.5. The smallest absolute Gasteiger partial charge is 0.213 e. The van der Waals surface area contributed by atoms with E-state index >= 15 is 0 Å². The lowest BCUT2D eigenvalue weighted by Gasteiger charge is -2.35. The summed E-state index contributed by atoms with van der Waals surface area (Å²) in [4.78, 5) is 10.9. The number of aliphatic imine (C=N–C) groups is 1. The minimum atomic E-state index is -0.203. The van der Waals surface area contributed by atoms with Crippen molar-refractivity contribution in [2.24, 2.45) is 4.99 Å². The van der Waals surface area contributed by atoms with Crippen LogP contribution in [-0.2, 0) is 12.0 Å². The lowest BCUT2D eigenvalue weighted by atomic mass is 9.94. The molecule has 1 saturated heterocycles. The molecule has 2 aromatic rings. The minimum Gasteiger partial charge on any atom is -0.443 e. The van der Waals surface area contributed by atoms with Gasteiger partial charge in [-0.2, -0.15) is 0 Å². The standard InChI is InChI=1S/C21H30FN5O.HI/c1-21(2,3)18-12-24-19(28-18)13-25-20(23-4)26-16-8-6-10-27(14-16)17-9-5-7-15(22)11-17;/h5,7,9,11-12,16H,6,8,10,13-14H2,1-4H3,(H2,23,25,26);1H. The van der Waals surface area contributed by atoms with E-state index in [9.17, 15) is 4.39 Å². The first-order valence-electron chi connectivity index (χ1n) is 9.78. The highest BCUT2D eigenvalue weighted by atomic mass is 127. The summed E-state index contributed by atoms with van der Waals surface area (Å²) in [6, 6.07) is 7.00. The number of piperidine rings is 1. The van der Waals surface area contributed by atoms with Crippen LogP contribution >= 0.6 is 24.0 Å². The number of hydrogen-bond donors (Lipinski definition) is 2. The van der Waals surface area contributed by atoms with E-state index in [1.165, 1.54) is 6.07 Å². The van der Waals surface area contributed by atoms with Gasteiger partial charge < -0.3 is 20.0 Å². The van der Waals surface area contributed by atoms with Crippen LogP contribution in [0.1, 0.15) is 45.3 Å². The van der Waals surface area contributed by atoms with Crippen molar-refractivity contribution < 1.29 is 8.81 Å². The number of benzene rings is 1. The number of nitrogens with one attached hydrogen (secondary N) is 2. The molecule has 160 valence electrons. The molecule has 0 spiro atoms. The van der Waals surface area contributed by atoms with Gasteiger partial charge in [-0.1, -0.05) is 26.8 Å². The molecular formula is C21H31FIN5O. The van der Waals surface area contributed by atoms with E-state index in [4.69, 9.17) is 4.42 Å². The number of anilines is 1. The third kappa shape index (κ3) is 6.58. The second-order valence-corrected chi connectivity index (χ2v) is 8.20. The monoisotopic (exact) mass is 515 g/mol. The largest absolute Gasteiger partial charge is 0.443 e. The highest BCUT2D eigenvalue weighted by Crippen LogP contribution is 2.23. The average Bonchev–Trinajstić information content (AvgIpc) is 3.15. The minimum absolute atomic E-state index is 0. The zero-order valence-electron chi connectivity index (χ0n) is 17.5. The van der Waals surface area contributed by atoms with Crippen LogP contribution in [0.25, 0.3) is 0 Å². The number of guanidine groups is 1. The molecule has 0 amide bonds. The summed E-state index contributed by atoms with van der Waals surface area (Å²) >= 11 is 0. The Balaban J connectivity index is 0.00000300. The Morgan fingerprint density at radius 2 is 2.17 bits per heavy atom. The van der Waals surface area contributed by atoms with Gasteiger partial charge in [-0.25, -0.2) is 9.37 Å². The molecule has 6 nitrogen and oxygen atoms in total. The molecule has 0 bridgehead atoms. The topological polar surface area (TPSA) is 65.7 Å². The molecule has 0 saturated carbocycles. The molecule has 2 N–H and O–H groups in total. The maximum Gasteiger partial charge on any atom is 0.213 e. The van der Waals surface area contributed by atoms with Gasteiger partial charge in [0.05, 0.1) is 12.7 Å². The van der Waals surface area contributed by atoms with Gasteiger partial charge >= 0.3 is 0 Å². The van der Waals surface area contributed by atoms with E-state index < -0.39 is 0 Å². The first-order valence-corrected chi connectivity index (χ1v) is 9.78. The molecule has 1 unspecified atom stereocenters. The summed E-state index contributed by atoms with van der Waals surface area (Å²) in [7, 11) is 1.75. The van der Waals surface area contributed by atoms with E-state index in [1.807, 2.05) is 6.07 Å². The molecule has 1 aromatic heterocycles. The lowest BCUT2D eigenvalue weighted by Crippen LogP contribution is -2.51. The Hall–Kier alpha value is -1.84. The zero-order chi connectivity index (χ0) is 20.1. The van der Waals surface area contributed by atoms with Crippen molar-refractivity contribution in [2.45, 2.75) is 51.6 Å². The van der Waals surface area contributed by atoms with Crippen LogP contribution in [0.2, 0.25) is 0 Å². The summed E-state index contributed by atoms with van der Waals surface area (Å²) in [6.45, 7) is 8.49. The van der Waals surface area contributed by atoms with E-state index in [-0.39, 0.29) is 41.3 Å². The number of aromatic nitrogens is 1. The average molecular weight is 515 g/mol. The number of halogens is 2. The summed E-state index contributed by atoms with van der Waals surface area (Å²) in [5.74, 6) is 2.01. The van der Waals surface area contributed by atoms with E-state index in [2.05, 4.69) is 46.3 Å². The van der Waals surface area contributed by atoms with Gasteiger partial charge in [-0.3, -0.25) is 4.99 Å². The predicted octanol–water partition coefficient (Wildman–Crippen LogP) is 4.06. The van der Waals surface area contributed by atoms with Crippen molar-refractivity contribution in [1.82, 2.24) is 15.6 Å². The van der Waals surface area contributed by atoms with Crippen molar-refractivity contribution in [3.8, 4) is 0 Å². The van der Waals surface area contributed by atoms with Crippen molar-refractivity contribution in [3.05, 3.63) is 47.9 Å². The van der Waals surface area contributed by atoms with E-state index in [0.29, 0.717) is 18.4 Å². The Kier molecular flexibility index (Phi) is 8.30. The molecule has 1 fully saturated rings. The van der Waals surface area contributed by atoms with Crippen LogP contribution in [0, 0.1) is 5.82 Å². The van der Waals surface area contributed by atoms with Gasteiger partial charge in [0, 0.05) is 37.3 Å². The zero-order valence-corrected chi connectivity index (χ0v) is 19.9. The van der Waals surface area contributed by atoms with Crippen molar-refractivity contribution >= 4 is 35.6 Å². The fraction of sp³-hybridized carbons (Fsp3) is 0.524. The number of rotatable bonds is 4. The summed E-state index contributed by atoms with van der Waals surface area (Å²) in [6.07, 6.45) is 3.87. The van der Waals surface area contributed by atoms with E-state index in [1.54, 1.807) is 25.4 Å². The molecule has 1 aromatic carbocycles. The Bertz CT molecular complexity index is 817. The fourth-order valence-corrected chi connectivity index (χ4v) is 3.29. The summed E-state index contributed by atoms with van der Waals surface area (Å²) in [5.41, 5.74) is 0.858. The van der Waals surface area contributed by atoms with Gasteiger partial charge in [0.25, 0.3) is 0 Å². The van der Waals surface area contributed by atoms with E-state index in [0.717, 1.165) is 37.4 Å². The number of nitrogens with zero attached hydrogens (tertiary/aromatic N) is 3. The molecule has 29 heavy (non-hydrogen) atoms. The second kappa shape index (κ2) is 10.3. The Morgan fingerprint density at radius 3 is 2.83 bits per heavy atom. The molecule has 0 aliphatic carbocycles. The van der Waals surface area contributed by atoms with Gasteiger partial charge in [-0.05, 0) is 31.0 Å². The van der Waals surface area contributed by atoms with Crippen LogP contribution in [-0.4, -0.2) is 37.1 Å². The molecule has 2 heterocycles. The number of oxazole rings is 1. The normalized spacial score (nSPS) is 17.6. The second-order valence-electron chi connectivity index (χ2n) is 8.20.